The van der Waals surface area contributed by atoms with Crippen LogP contribution in [0.2, 0.25) is 0 Å². The van der Waals surface area contributed by atoms with Crippen LogP contribution in [0.1, 0.15) is 41.0 Å². The van der Waals surface area contributed by atoms with Crippen LogP contribution in [0.15, 0.2) is 39.7 Å². The zero-order chi connectivity index (χ0) is 19.1. The van der Waals surface area contributed by atoms with Gasteiger partial charge in [0.05, 0.1) is 12.8 Å². The fraction of sp³-hybridized carbons (Fsp3) is 0.294. The van der Waals surface area contributed by atoms with Crippen LogP contribution < -0.4 is 16.3 Å². The Morgan fingerprint density at radius 3 is 2.54 bits per heavy atom. The molecule has 2 N–H and O–H groups in total. The third-order valence-corrected chi connectivity index (χ3v) is 3.84. The van der Waals surface area contributed by atoms with E-state index in [-0.39, 0.29) is 18.1 Å². The first-order valence-corrected chi connectivity index (χ1v) is 8.87. The molecule has 26 heavy (non-hydrogen) atoms. The van der Waals surface area contributed by atoms with Gasteiger partial charge in [-0.1, -0.05) is 22.9 Å². The van der Waals surface area contributed by atoms with E-state index in [9.17, 15) is 14.4 Å². The number of esters is 1. The van der Waals surface area contributed by atoms with Crippen LogP contribution in [0.25, 0.3) is 0 Å². The van der Waals surface area contributed by atoms with Gasteiger partial charge in [-0.15, -0.1) is 0 Å². The van der Waals surface area contributed by atoms with E-state index in [0.717, 1.165) is 21.8 Å². The summed E-state index contributed by atoms with van der Waals surface area (Å²) < 4.78 is 6.60. The van der Waals surface area contributed by atoms with Crippen molar-refractivity contribution in [1.82, 2.24) is 9.66 Å². The van der Waals surface area contributed by atoms with Crippen molar-refractivity contribution < 1.29 is 14.3 Å². The molecule has 1 aromatic heterocycles. The second-order valence-electron chi connectivity index (χ2n) is 5.23. The van der Waals surface area contributed by atoms with E-state index in [2.05, 4.69) is 31.7 Å². The molecule has 2 aromatic rings. The smallest absolute Gasteiger partial charge is 0.345 e. The molecule has 0 bridgehead atoms. The Kier molecular flexibility index (Phi) is 6.90. The zero-order valence-corrected chi connectivity index (χ0v) is 16.0. The monoisotopic (exact) mass is 422 g/mol. The van der Waals surface area contributed by atoms with Gasteiger partial charge in [0.25, 0.3) is 11.5 Å². The van der Waals surface area contributed by atoms with Crippen molar-refractivity contribution >= 4 is 33.8 Å². The Bertz CT molecular complexity index is 849. The Morgan fingerprint density at radius 2 is 1.92 bits per heavy atom. The lowest BCUT2D eigenvalue weighted by Gasteiger charge is -2.15. The van der Waals surface area contributed by atoms with E-state index in [1.165, 1.54) is 0 Å². The highest BCUT2D eigenvalue weighted by atomic mass is 79.9. The van der Waals surface area contributed by atoms with Gasteiger partial charge in [-0.25, -0.2) is 9.78 Å². The molecule has 1 aromatic carbocycles. The molecular formula is C17H19BrN4O4. The number of benzene rings is 1. The first kappa shape index (κ1) is 19.6. The maximum atomic E-state index is 12.7. The van der Waals surface area contributed by atoms with Crippen molar-refractivity contribution in [2.24, 2.45) is 0 Å². The summed E-state index contributed by atoms with van der Waals surface area (Å²) in [5.41, 5.74) is 1.85. The van der Waals surface area contributed by atoms with Crippen molar-refractivity contribution in [2.75, 3.05) is 23.9 Å². The predicted octanol–water partition coefficient (Wildman–Crippen LogP) is 2.39. The predicted molar refractivity (Wildman–Crippen MR) is 101 cm³/mol. The number of nitrogens with zero attached hydrogens (tertiary/aromatic N) is 2. The van der Waals surface area contributed by atoms with Gasteiger partial charge in [0.15, 0.2) is 0 Å². The number of carbonyl (C=O) groups excluding carboxylic acids is 2. The molecule has 0 aliphatic carbocycles. The van der Waals surface area contributed by atoms with Crippen molar-refractivity contribution in [3.8, 4) is 0 Å². The van der Waals surface area contributed by atoms with Crippen LogP contribution in [0.4, 0.5) is 5.95 Å². The van der Waals surface area contributed by atoms with Crippen molar-refractivity contribution in [2.45, 2.75) is 20.3 Å². The van der Waals surface area contributed by atoms with Crippen LogP contribution in [0.5, 0.6) is 0 Å². The number of carbonyl (C=O) groups is 2. The molecule has 0 atom stereocenters. The largest absolute Gasteiger partial charge is 0.462 e. The summed E-state index contributed by atoms with van der Waals surface area (Å²) in [5.74, 6) is -1.17. The molecule has 0 unspecified atom stereocenters. The summed E-state index contributed by atoms with van der Waals surface area (Å²) in [6.07, 6.45) is 1.93. The molecular weight excluding hydrogens is 404 g/mol. The minimum absolute atomic E-state index is 0.124. The number of aromatic nitrogens is 2. The molecule has 0 aliphatic heterocycles. The molecule has 0 spiro atoms. The molecule has 1 amide bonds. The lowest BCUT2D eigenvalue weighted by Crippen LogP contribution is -2.38. The van der Waals surface area contributed by atoms with Gasteiger partial charge in [-0.2, -0.15) is 4.68 Å². The molecule has 2 rings (SSSR count). The van der Waals surface area contributed by atoms with Gasteiger partial charge in [0.2, 0.25) is 5.95 Å². The fourth-order valence-electron chi connectivity index (χ4n) is 2.04. The van der Waals surface area contributed by atoms with E-state index in [0.29, 0.717) is 12.1 Å². The van der Waals surface area contributed by atoms with Gasteiger partial charge < -0.3 is 10.1 Å². The molecule has 0 radical (unpaired) electrons. The fourth-order valence-corrected chi connectivity index (χ4v) is 2.30. The van der Waals surface area contributed by atoms with Crippen molar-refractivity contribution in [3.05, 3.63) is 56.4 Å². The molecule has 0 saturated carbocycles. The van der Waals surface area contributed by atoms with Crippen LogP contribution in [0, 0.1) is 0 Å². The Morgan fingerprint density at radius 1 is 1.23 bits per heavy atom. The number of rotatable bonds is 7. The molecule has 1 heterocycles. The first-order valence-electron chi connectivity index (χ1n) is 8.07. The maximum absolute atomic E-state index is 12.7. The Labute approximate surface area is 158 Å². The topological polar surface area (TPSA) is 102 Å². The van der Waals surface area contributed by atoms with E-state index in [1.54, 1.807) is 31.2 Å². The Hall–Kier alpha value is -2.68. The van der Waals surface area contributed by atoms with Crippen LogP contribution >= 0.6 is 15.9 Å². The minimum atomic E-state index is -0.793. The first-order chi connectivity index (χ1) is 12.5. The highest BCUT2D eigenvalue weighted by Crippen LogP contribution is 2.11. The highest BCUT2D eigenvalue weighted by molar-refractivity contribution is 9.10. The zero-order valence-electron chi connectivity index (χ0n) is 14.4. The Balaban J connectivity index is 2.40. The standard InChI is InChI=1S/C17H19BrN4O4/c1-3-9-19-17-20-10-13(16(25)26-4-2)15(24)22(17)21-14(23)11-5-7-12(18)8-6-11/h5-8,10H,3-4,9H2,1-2H3,(H,19,20)(H,21,23). The second-order valence-corrected chi connectivity index (χ2v) is 6.15. The van der Waals surface area contributed by atoms with Gasteiger partial charge in [-0.05, 0) is 37.6 Å². The number of hydrogen-bond donors (Lipinski definition) is 2. The molecule has 9 heteroatoms. The number of halogens is 1. The average Bonchev–Trinajstić information content (AvgIpc) is 2.62. The summed E-state index contributed by atoms with van der Waals surface area (Å²) in [6.45, 7) is 4.25. The number of nitrogens with one attached hydrogen (secondary N) is 2. The minimum Gasteiger partial charge on any atom is -0.462 e. The molecule has 138 valence electrons. The van der Waals surface area contributed by atoms with Gasteiger partial charge in [-0.3, -0.25) is 15.0 Å². The van der Waals surface area contributed by atoms with E-state index < -0.39 is 17.4 Å². The maximum Gasteiger partial charge on any atom is 0.345 e. The number of amides is 1. The third-order valence-electron chi connectivity index (χ3n) is 3.31. The van der Waals surface area contributed by atoms with E-state index >= 15 is 0 Å². The molecule has 0 fully saturated rings. The summed E-state index contributed by atoms with van der Waals surface area (Å²) in [6, 6.07) is 6.63. The second kappa shape index (κ2) is 9.14. The van der Waals surface area contributed by atoms with Crippen molar-refractivity contribution in [1.29, 1.82) is 0 Å². The quantitative estimate of drug-likeness (QED) is 0.664. The third kappa shape index (κ3) is 4.69. The number of anilines is 1. The van der Waals surface area contributed by atoms with Gasteiger partial charge in [0.1, 0.15) is 5.56 Å². The van der Waals surface area contributed by atoms with Gasteiger partial charge in [0, 0.05) is 16.6 Å². The highest BCUT2D eigenvalue weighted by Gasteiger charge is 2.19. The van der Waals surface area contributed by atoms with E-state index in [1.807, 2.05) is 6.92 Å². The molecule has 0 saturated heterocycles. The lowest BCUT2D eigenvalue weighted by atomic mass is 10.2. The van der Waals surface area contributed by atoms with Gasteiger partial charge >= 0.3 is 5.97 Å². The SMILES string of the molecule is CCCNc1ncc(C(=O)OCC)c(=O)n1NC(=O)c1ccc(Br)cc1. The summed E-state index contributed by atoms with van der Waals surface area (Å²) in [7, 11) is 0. The molecule has 8 nitrogen and oxygen atoms in total. The van der Waals surface area contributed by atoms with Crippen molar-refractivity contribution in [3.63, 3.8) is 0 Å². The summed E-state index contributed by atoms with van der Waals surface area (Å²) in [4.78, 5) is 41.1. The van der Waals surface area contributed by atoms with Crippen LogP contribution in [-0.2, 0) is 4.74 Å². The summed E-state index contributed by atoms with van der Waals surface area (Å²) in [5, 5.41) is 2.95. The van der Waals surface area contributed by atoms with E-state index in [4.69, 9.17) is 4.74 Å². The summed E-state index contributed by atoms with van der Waals surface area (Å²) >= 11 is 3.29. The van der Waals surface area contributed by atoms with Crippen LogP contribution in [0.3, 0.4) is 0 Å². The number of ether oxygens (including phenoxy) is 1. The number of hydrogen-bond acceptors (Lipinski definition) is 6. The normalized spacial score (nSPS) is 10.3. The lowest BCUT2D eigenvalue weighted by molar-refractivity contribution is 0.0522. The van der Waals surface area contributed by atoms with Crippen LogP contribution in [-0.4, -0.2) is 34.7 Å². The average molecular weight is 423 g/mol. The molecule has 0 aliphatic rings.